The van der Waals surface area contributed by atoms with Crippen LogP contribution in [-0.2, 0) is 4.79 Å². The van der Waals surface area contributed by atoms with Crippen LogP contribution < -0.4 is 0 Å². The molecular weight excluding hydrogens is 226 g/mol. The first kappa shape index (κ1) is 15.5. The number of carboxylic acids is 1. The molecule has 0 aromatic carbocycles. The Morgan fingerprint density at radius 3 is 2.17 bits per heavy atom. The summed E-state index contributed by atoms with van der Waals surface area (Å²) in [6, 6.07) is 0. The first-order valence-corrected chi connectivity index (χ1v) is 7.04. The molecule has 0 spiro atoms. The van der Waals surface area contributed by atoms with Crippen molar-refractivity contribution in [1.29, 1.82) is 0 Å². The van der Waals surface area contributed by atoms with Crippen LogP contribution in [0.2, 0.25) is 0 Å². The Labute approximate surface area is 112 Å². The van der Waals surface area contributed by atoms with Gasteiger partial charge in [0.2, 0.25) is 0 Å². The number of likely N-dealkylation sites (tertiary alicyclic amines) is 1. The van der Waals surface area contributed by atoms with Gasteiger partial charge in [-0.1, -0.05) is 34.6 Å². The molecule has 106 valence electrons. The quantitative estimate of drug-likeness (QED) is 0.792. The summed E-state index contributed by atoms with van der Waals surface area (Å²) in [5.74, 6) is 0.138. The fourth-order valence-corrected chi connectivity index (χ4v) is 2.33. The van der Waals surface area contributed by atoms with E-state index in [0.29, 0.717) is 5.41 Å². The topological polar surface area (TPSA) is 40.5 Å². The van der Waals surface area contributed by atoms with Gasteiger partial charge in [0.25, 0.3) is 0 Å². The second-order valence-electron chi connectivity index (χ2n) is 7.63. The van der Waals surface area contributed by atoms with Crippen LogP contribution >= 0.6 is 0 Å². The molecule has 3 heteroatoms. The second kappa shape index (κ2) is 5.60. The van der Waals surface area contributed by atoms with Crippen molar-refractivity contribution in [3.05, 3.63) is 0 Å². The van der Waals surface area contributed by atoms with Crippen molar-refractivity contribution in [2.75, 3.05) is 19.6 Å². The van der Waals surface area contributed by atoms with Gasteiger partial charge in [-0.15, -0.1) is 0 Å². The van der Waals surface area contributed by atoms with E-state index < -0.39 is 5.97 Å². The number of hydrogen-bond donors (Lipinski definition) is 1. The highest BCUT2D eigenvalue weighted by Gasteiger charge is 2.35. The van der Waals surface area contributed by atoms with E-state index in [-0.39, 0.29) is 11.8 Å². The summed E-state index contributed by atoms with van der Waals surface area (Å²) in [5, 5.41) is 8.73. The van der Waals surface area contributed by atoms with E-state index in [2.05, 4.69) is 39.5 Å². The highest BCUT2D eigenvalue weighted by Crippen LogP contribution is 2.35. The molecule has 3 nitrogen and oxygen atoms in total. The molecule has 1 aliphatic rings. The van der Waals surface area contributed by atoms with E-state index in [4.69, 9.17) is 5.11 Å². The zero-order valence-electron chi connectivity index (χ0n) is 12.6. The predicted molar refractivity (Wildman–Crippen MR) is 74.7 cm³/mol. The predicted octanol–water partition coefficient (Wildman–Crippen LogP) is 3.25. The number of carbonyl (C=O) groups is 1. The largest absolute Gasteiger partial charge is 0.481 e. The Morgan fingerprint density at radius 1 is 1.17 bits per heavy atom. The average Bonchev–Trinajstić information content (AvgIpc) is 2.10. The van der Waals surface area contributed by atoms with Crippen molar-refractivity contribution in [3.8, 4) is 0 Å². The normalized spacial score (nSPS) is 18.7. The lowest BCUT2D eigenvalue weighted by Crippen LogP contribution is -2.52. The molecule has 0 saturated carbocycles. The van der Waals surface area contributed by atoms with Gasteiger partial charge in [-0.05, 0) is 36.1 Å². The van der Waals surface area contributed by atoms with Crippen molar-refractivity contribution in [2.24, 2.45) is 16.7 Å². The maximum Gasteiger partial charge on any atom is 0.303 e. The average molecular weight is 255 g/mol. The van der Waals surface area contributed by atoms with Crippen LogP contribution in [0.15, 0.2) is 0 Å². The highest BCUT2D eigenvalue weighted by molar-refractivity contribution is 5.66. The maximum absolute atomic E-state index is 10.6. The fraction of sp³-hybridized carbons (Fsp3) is 0.933. The molecule has 1 rings (SSSR count). The summed E-state index contributed by atoms with van der Waals surface area (Å²) in [6.45, 7) is 14.8. The Kier molecular flexibility index (Phi) is 4.82. The van der Waals surface area contributed by atoms with Crippen LogP contribution in [0.5, 0.6) is 0 Å². The first-order chi connectivity index (χ1) is 8.10. The summed E-state index contributed by atoms with van der Waals surface area (Å²) >= 11 is 0. The van der Waals surface area contributed by atoms with Gasteiger partial charge in [-0.2, -0.15) is 0 Å². The Morgan fingerprint density at radius 2 is 1.72 bits per heavy atom. The van der Waals surface area contributed by atoms with Crippen LogP contribution in [0.4, 0.5) is 0 Å². The molecule has 0 amide bonds. The smallest absolute Gasteiger partial charge is 0.303 e. The third-order valence-electron chi connectivity index (χ3n) is 4.30. The molecule has 1 saturated heterocycles. The molecule has 0 bridgehead atoms. The van der Waals surface area contributed by atoms with E-state index in [1.807, 2.05) is 0 Å². The van der Waals surface area contributed by atoms with Gasteiger partial charge < -0.3 is 10.0 Å². The molecule has 0 radical (unpaired) electrons. The van der Waals surface area contributed by atoms with E-state index >= 15 is 0 Å². The number of rotatable bonds is 6. The summed E-state index contributed by atoms with van der Waals surface area (Å²) in [4.78, 5) is 13.1. The third-order valence-corrected chi connectivity index (χ3v) is 4.30. The van der Waals surface area contributed by atoms with E-state index in [1.165, 1.54) is 13.1 Å². The molecule has 1 aliphatic heterocycles. The molecule has 0 aliphatic carbocycles. The number of carboxylic acid groups (broad SMARTS) is 1. The standard InChI is InChI=1S/C15H29NO2/c1-14(2,3)12-10-16(11-12)9-8-15(4,5)7-6-13(17)18/h12H,6-11H2,1-5H3,(H,17,18). The zero-order chi connectivity index (χ0) is 14.0. The molecule has 1 N–H and O–H groups in total. The lowest BCUT2D eigenvalue weighted by molar-refractivity contribution is -0.137. The molecule has 1 heterocycles. The van der Waals surface area contributed by atoms with Crippen molar-refractivity contribution in [1.82, 2.24) is 4.90 Å². The van der Waals surface area contributed by atoms with Crippen LogP contribution in [0, 0.1) is 16.7 Å². The van der Waals surface area contributed by atoms with Crippen LogP contribution in [0.3, 0.4) is 0 Å². The maximum atomic E-state index is 10.6. The van der Waals surface area contributed by atoms with Crippen LogP contribution in [0.1, 0.15) is 53.9 Å². The van der Waals surface area contributed by atoms with Gasteiger partial charge in [0.05, 0.1) is 0 Å². The summed E-state index contributed by atoms with van der Waals surface area (Å²) in [7, 11) is 0. The molecule has 1 fully saturated rings. The zero-order valence-corrected chi connectivity index (χ0v) is 12.6. The van der Waals surface area contributed by atoms with Gasteiger partial charge in [-0.3, -0.25) is 4.79 Å². The van der Waals surface area contributed by atoms with Gasteiger partial charge >= 0.3 is 5.97 Å². The van der Waals surface area contributed by atoms with Crippen LogP contribution in [0.25, 0.3) is 0 Å². The minimum absolute atomic E-state index is 0.144. The van der Waals surface area contributed by atoms with Gasteiger partial charge in [0.15, 0.2) is 0 Å². The van der Waals surface area contributed by atoms with Crippen LogP contribution in [-0.4, -0.2) is 35.6 Å². The summed E-state index contributed by atoms with van der Waals surface area (Å²) in [6.07, 6.45) is 2.16. The molecule has 0 unspecified atom stereocenters. The summed E-state index contributed by atoms with van der Waals surface area (Å²) in [5.41, 5.74) is 0.570. The lowest BCUT2D eigenvalue weighted by atomic mass is 9.75. The lowest BCUT2D eigenvalue weighted by Gasteiger charge is -2.47. The Hall–Kier alpha value is -0.570. The summed E-state index contributed by atoms with van der Waals surface area (Å²) < 4.78 is 0. The minimum atomic E-state index is -0.681. The van der Waals surface area contributed by atoms with E-state index in [0.717, 1.165) is 25.3 Å². The number of nitrogens with zero attached hydrogens (tertiary/aromatic N) is 1. The molecular formula is C15H29NO2. The van der Waals surface area contributed by atoms with Crippen molar-refractivity contribution in [2.45, 2.75) is 53.9 Å². The third kappa shape index (κ3) is 4.97. The minimum Gasteiger partial charge on any atom is -0.481 e. The van der Waals surface area contributed by atoms with E-state index in [1.54, 1.807) is 0 Å². The van der Waals surface area contributed by atoms with Crippen molar-refractivity contribution < 1.29 is 9.90 Å². The second-order valence-corrected chi connectivity index (χ2v) is 7.63. The van der Waals surface area contributed by atoms with Crippen molar-refractivity contribution >= 4 is 5.97 Å². The molecule has 0 atom stereocenters. The number of hydrogen-bond acceptors (Lipinski definition) is 2. The monoisotopic (exact) mass is 255 g/mol. The highest BCUT2D eigenvalue weighted by atomic mass is 16.4. The molecule has 18 heavy (non-hydrogen) atoms. The Balaban J connectivity index is 2.20. The number of aliphatic carboxylic acids is 1. The van der Waals surface area contributed by atoms with Gasteiger partial charge in [0, 0.05) is 19.5 Å². The van der Waals surface area contributed by atoms with E-state index in [9.17, 15) is 4.79 Å². The Bertz CT molecular complexity index is 285. The SMILES string of the molecule is CC(C)(CCC(=O)O)CCN1CC(C(C)(C)C)C1. The van der Waals surface area contributed by atoms with Crippen molar-refractivity contribution in [3.63, 3.8) is 0 Å². The fourth-order valence-electron chi connectivity index (χ4n) is 2.33. The van der Waals surface area contributed by atoms with Gasteiger partial charge in [-0.25, -0.2) is 0 Å². The molecule has 0 aromatic heterocycles. The van der Waals surface area contributed by atoms with Gasteiger partial charge in [0.1, 0.15) is 0 Å². The molecule has 0 aromatic rings. The first-order valence-electron chi connectivity index (χ1n) is 7.04.